The van der Waals surface area contributed by atoms with Crippen molar-refractivity contribution in [3.63, 3.8) is 0 Å². The van der Waals surface area contributed by atoms with Crippen molar-refractivity contribution in [1.29, 1.82) is 0 Å². The maximum absolute atomic E-state index is 9.81. The second kappa shape index (κ2) is 8.11. The highest BCUT2D eigenvalue weighted by Crippen LogP contribution is 2.13. The average molecular weight is 302 g/mol. The van der Waals surface area contributed by atoms with Crippen LogP contribution in [-0.4, -0.2) is 22.2 Å². The van der Waals surface area contributed by atoms with Gasteiger partial charge in [-0.15, -0.1) is 24.8 Å². The second-order valence-electron chi connectivity index (χ2n) is 4.55. The zero-order chi connectivity index (χ0) is 11.5. The average Bonchev–Trinajstić information content (AvgIpc) is 2.14. The molecule has 3 nitrogen and oxygen atoms in total. The first-order valence-corrected chi connectivity index (χ1v) is 5.31. The Morgan fingerprint density at radius 1 is 1.35 bits per heavy atom. The van der Waals surface area contributed by atoms with Gasteiger partial charge >= 0.3 is 0 Å². The van der Waals surface area contributed by atoms with Crippen molar-refractivity contribution < 1.29 is 5.11 Å². The van der Waals surface area contributed by atoms with Gasteiger partial charge in [-0.2, -0.15) is 0 Å². The van der Waals surface area contributed by atoms with Crippen LogP contribution in [0.5, 0.6) is 0 Å². The fourth-order valence-corrected chi connectivity index (χ4v) is 1.20. The number of nitrogens with zero attached hydrogens (tertiary/aromatic N) is 1. The first-order valence-electron chi connectivity index (χ1n) is 4.93. The quantitative estimate of drug-likeness (QED) is 0.902. The fraction of sp³-hybridized carbons (Fsp3) is 0.545. The number of pyridine rings is 1. The molecule has 0 aliphatic carbocycles. The van der Waals surface area contributed by atoms with E-state index in [0.29, 0.717) is 17.3 Å². The van der Waals surface area contributed by atoms with Crippen LogP contribution < -0.4 is 5.32 Å². The molecule has 0 amide bonds. The van der Waals surface area contributed by atoms with E-state index in [1.165, 1.54) is 6.20 Å². The molecule has 0 fully saturated rings. The van der Waals surface area contributed by atoms with E-state index < -0.39 is 6.10 Å². The number of nitrogens with one attached hydrogen (secondary N) is 1. The molecule has 0 saturated heterocycles. The SMILES string of the molecule is CC(C)(C)NC[C@H](O)c1ccc(Cl)cn1.Cl.Cl. The van der Waals surface area contributed by atoms with Gasteiger partial charge in [0.1, 0.15) is 6.10 Å². The molecule has 0 unspecified atom stereocenters. The third-order valence-electron chi connectivity index (χ3n) is 1.92. The summed E-state index contributed by atoms with van der Waals surface area (Å²) in [6.45, 7) is 6.64. The molecule has 0 radical (unpaired) electrons. The molecule has 0 spiro atoms. The normalized spacial score (nSPS) is 12.3. The van der Waals surface area contributed by atoms with E-state index >= 15 is 0 Å². The number of aromatic nitrogens is 1. The van der Waals surface area contributed by atoms with Crippen molar-refractivity contribution in [1.82, 2.24) is 10.3 Å². The predicted molar refractivity (Wildman–Crippen MR) is 76.5 cm³/mol. The third kappa shape index (κ3) is 7.79. The van der Waals surface area contributed by atoms with Gasteiger partial charge in [0.2, 0.25) is 0 Å². The van der Waals surface area contributed by atoms with E-state index in [1.54, 1.807) is 12.1 Å². The Kier molecular flexibility index (Phi) is 9.20. The van der Waals surface area contributed by atoms with Gasteiger partial charge in [-0.1, -0.05) is 11.6 Å². The number of hydrogen-bond donors (Lipinski definition) is 2. The Hall–Kier alpha value is -0.0600. The molecule has 100 valence electrons. The lowest BCUT2D eigenvalue weighted by Gasteiger charge is -2.22. The Labute approximate surface area is 120 Å². The number of hydrogen-bond acceptors (Lipinski definition) is 3. The highest BCUT2D eigenvalue weighted by molar-refractivity contribution is 6.30. The van der Waals surface area contributed by atoms with E-state index in [9.17, 15) is 5.11 Å². The number of halogens is 3. The van der Waals surface area contributed by atoms with Crippen molar-refractivity contribution in [2.45, 2.75) is 32.4 Å². The highest BCUT2D eigenvalue weighted by Gasteiger charge is 2.14. The standard InChI is InChI=1S/C11H17ClN2O.2ClH/c1-11(2,3)14-7-10(15)9-5-4-8(12)6-13-9;;/h4-6,10,14-15H,7H2,1-3H3;2*1H/t10-;;/m0../s1. The zero-order valence-corrected chi connectivity index (χ0v) is 12.5. The fourth-order valence-electron chi connectivity index (χ4n) is 1.09. The molecule has 0 aliphatic heterocycles. The molecule has 1 heterocycles. The third-order valence-corrected chi connectivity index (χ3v) is 2.14. The van der Waals surface area contributed by atoms with Crippen LogP contribution in [0.25, 0.3) is 0 Å². The summed E-state index contributed by atoms with van der Waals surface area (Å²) < 4.78 is 0. The molecule has 2 N–H and O–H groups in total. The van der Waals surface area contributed by atoms with Crippen molar-refractivity contribution >= 4 is 36.4 Å². The molecule has 0 aliphatic rings. The first-order chi connectivity index (χ1) is 6.88. The summed E-state index contributed by atoms with van der Waals surface area (Å²) in [6, 6.07) is 3.46. The lowest BCUT2D eigenvalue weighted by atomic mass is 10.1. The van der Waals surface area contributed by atoms with Gasteiger partial charge in [0.05, 0.1) is 10.7 Å². The number of rotatable bonds is 3. The summed E-state index contributed by atoms with van der Waals surface area (Å²) in [5, 5.41) is 13.6. The summed E-state index contributed by atoms with van der Waals surface area (Å²) in [4.78, 5) is 4.06. The summed E-state index contributed by atoms with van der Waals surface area (Å²) in [7, 11) is 0. The number of aliphatic hydroxyl groups excluding tert-OH is 1. The van der Waals surface area contributed by atoms with E-state index in [4.69, 9.17) is 11.6 Å². The van der Waals surface area contributed by atoms with Gasteiger partial charge in [-0.05, 0) is 32.9 Å². The summed E-state index contributed by atoms with van der Waals surface area (Å²) in [6.07, 6.45) is 0.943. The molecule has 6 heteroatoms. The van der Waals surface area contributed by atoms with Crippen molar-refractivity contribution in [3.05, 3.63) is 29.0 Å². The molecule has 0 aromatic carbocycles. The molecule has 0 bridgehead atoms. The summed E-state index contributed by atoms with van der Waals surface area (Å²) in [5.41, 5.74) is 0.629. The van der Waals surface area contributed by atoms with Gasteiger partial charge < -0.3 is 10.4 Å². The first kappa shape index (κ1) is 19.3. The predicted octanol–water partition coefficient (Wildman–Crippen LogP) is 3.00. The second-order valence-corrected chi connectivity index (χ2v) is 4.98. The van der Waals surface area contributed by atoms with E-state index in [1.807, 2.05) is 0 Å². The molecular formula is C11H19Cl3N2O. The summed E-state index contributed by atoms with van der Waals surface area (Å²) in [5.74, 6) is 0. The Morgan fingerprint density at radius 2 is 1.94 bits per heavy atom. The molecule has 17 heavy (non-hydrogen) atoms. The molecule has 1 atom stereocenters. The lowest BCUT2D eigenvalue weighted by molar-refractivity contribution is 0.159. The molecule has 1 aromatic heterocycles. The van der Waals surface area contributed by atoms with Gasteiger partial charge in [0.15, 0.2) is 0 Å². The highest BCUT2D eigenvalue weighted by atomic mass is 35.5. The van der Waals surface area contributed by atoms with Crippen LogP contribution >= 0.6 is 36.4 Å². The van der Waals surface area contributed by atoms with Crippen LogP contribution in [0, 0.1) is 0 Å². The largest absolute Gasteiger partial charge is 0.385 e. The lowest BCUT2D eigenvalue weighted by Crippen LogP contribution is -2.38. The van der Waals surface area contributed by atoms with Crippen molar-refractivity contribution in [2.75, 3.05) is 6.54 Å². The van der Waals surface area contributed by atoms with Crippen LogP contribution in [0.4, 0.5) is 0 Å². The molecule has 1 rings (SSSR count). The zero-order valence-electron chi connectivity index (χ0n) is 10.1. The Morgan fingerprint density at radius 3 is 2.35 bits per heavy atom. The minimum absolute atomic E-state index is 0. The number of β-amino-alcohol motifs (C(OH)–C–C–N with tert-alkyl or cyclic N) is 1. The van der Waals surface area contributed by atoms with E-state index in [2.05, 4.69) is 31.1 Å². The minimum atomic E-state index is -0.596. The Balaban J connectivity index is 0. The van der Waals surface area contributed by atoms with E-state index in [0.717, 1.165) is 0 Å². The topological polar surface area (TPSA) is 45.1 Å². The van der Waals surface area contributed by atoms with Crippen LogP contribution in [0.1, 0.15) is 32.6 Å². The van der Waals surface area contributed by atoms with Crippen molar-refractivity contribution in [3.8, 4) is 0 Å². The molecule has 1 aromatic rings. The minimum Gasteiger partial charge on any atom is -0.385 e. The monoisotopic (exact) mass is 300 g/mol. The van der Waals surface area contributed by atoms with Crippen molar-refractivity contribution in [2.24, 2.45) is 0 Å². The van der Waals surface area contributed by atoms with Crippen LogP contribution in [0.15, 0.2) is 18.3 Å². The maximum atomic E-state index is 9.81. The molecule has 0 saturated carbocycles. The van der Waals surface area contributed by atoms with Crippen LogP contribution in [0.2, 0.25) is 5.02 Å². The van der Waals surface area contributed by atoms with Crippen LogP contribution in [0.3, 0.4) is 0 Å². The number of aliphatic hydroxyl groups is 1. The maximum Gasteiger partial charge on any atom is 0.108 e. The Bertz CT molecular complexity index is 311. The van der Waals surface area contributed by atoms with Crippen LogP contribution in [-0.2, 0) is 0 Å². The smallest absolute Gasteiger partial charge is 0.108 e. The van der Waals surface area contributed by atoms with Gasteiger partial charge in [0.25, 0.3) is 0 Å². The summed E-state index contributed by atoms with van der Waals surface area (Å²) >= 11 is 5.71. The van der Waals surface area contributed by atoms with E-state index in [-0.39, 0.29) is 30.4 Å². The van der Waals surface area contributed by atoms with Gasteiger partial charge in [0, 0.05) is 18.3 Å². The van der Waals surface area contributed by atoms with Gasteiger partial charge in [-0.25, -0.2) is 0 Å². The van der Waals surface area contributed by atoms with Gasteiger partial charge in [-0.3, -0.25) is 4.98 Å². The molecular weight excluding hydrogens is 282 g/mol.